The first kappa shape index (κ1) is 15.4. The summed E-state index contributed by atoms with van der Waals surface area (Å²) in [6.07, 6.45) is 1.11. The van der Waals surface area contributed by atoms with Gasteiger partial charge in [0.05, 0.1) is 10.6 Å². The number of halogens is 1. The van der Waals surface area contributed by atoms with Crippen LogP contribution in [0.15, 0.2) is 35.1 Å². The number of carboxylic acid groups (broad SMARTS) is 1. The van der Waals surface area contributed by atoms with Gasteiger partial charge in [-0.2, -0.15) is 0 Å². The van der Waals surface area contributed by atoms with Crippen LogP contribution in [0.1, 0.15) is 28.4 Å². The quantitative estimate of drug-likeness (QED) is 0.878. The molecule has 1 aromatic carbocycles. The highest BCUT2D eigenvalue weighted by molar-refractivity contribution is 6.33. The van der Waals surface area contributed by atoms with Crippen LogP contribution in [0.4, 0.5) is 0 Å². The summed E-state index contributed by atoms with van der Waals surface area (Å²) in [5, 5.41) is 12.7. The van der Waals surface area contributed by atoms with Gasteiger partial charge in [0, 0.05) is 30.8 Å². The van der Waals surface area contributed by atoms with Crippen molar-refractivity contribution in [2.45, 2.75) is 18.9 Å². The number of nitrogens with zero attached hydrogens (tertiary/aromatic N) is 1. The zero-order valence-corrected chi connectivity index (χ0v) is 13.7. The Bertz CT molecular complexity index is 890. The first-order valence-electron chi connectivity index (χ1n) is 8.01. The molecule has 2 aliphatic heterocycles. The van der Waals surface area contributed by atoms with Gasteiger partial charge >= 0.3 is 5.97 Å². The molecule has 24 heavy (non-hydrogen) atoms. The monoisotopic (exact) mass is 344 g/mol. The molecule has 124 valence electrons. The van der Waals surface area contributed by atoms with Crippen molar-refractivity contribution >= 4 is 17.6 Å². The van der Waals surface area contributed by atoms with Crippen molar-refractivity contribution in [3.8, 4) is 11.1 Å². The number of rotatable bonds is 2. The van der Waals surface area contributed by atoms with Crippen LogP contribution in [0.5, 0.6) is 0 Å². The van der Waals surface area contributed by atoms with Crippen molar-refractivity contribution in [2.24, 2.45) is 5.92 Å². The summed E-state index contributed by atoms with van der Waals surface area (Å²) < 4.78 is 1.89. The molecule has 2 N–H and O–H groups in total. The maximum Gasteiger partial charge on any atom is 0.337 e. The van der Waals surface area contributed by atoms with Gasteiger partial charge in [0.25, 0.3) is 5.56 Å². The highest BCUT2D eigenvalue weighted by Crippen LogP contribution is 2.34. The number of hydrogen-bond acceptors (Lipinski definition) is 3. The summed E-state index contributed by atoms with van der Waals surface area (Å²) in [4.78, 5) is 23.7. The largest absolute Gasteiger partial charge is 0.478 e. The van der Waals surface area contributed by atoms with Crippen molar-refractivity contribution in [1.29, 1.82) is 0 Å². The number of fused-ring (bicyclic) bond motifs is 4. The van der Waals surface area contributed by atoms with Crippen LogP contribution in [-0.2, 0) is 6.54 Å². The molecule has 0 spiro atoms. The minimum Gasteiger partial charge on any atom is -0.478 e. The maximum absolute atomic E-state index is 12.6. The number of aromatic carboxylic acids is 1. The van der Waals surface area contributed by atoms with Crippen LogP contribution in [-0.4, -0.2) is 28.7 Å². The molecule has 0 unspecified atom stereocenters. The second kappa shape index (κ2) is 5.76. The molecule has 2 bridgehead atoms. The predicted octanol–water partition coefficient (Wildman–Crippen LogP) is 2.57. The Labute approximate surface area is 143 Å². The van der Waals surface area contributed by atoms with Crippen molar-refractivity contribution in [3.05, 3.63) is 57.0 Å². The Morgan fingerprint density at radius 1 is 1.21 bits per heavy atom. The summed E-state index contributed by atoms with van der Waals surface area (Å²) in [5.74, 6) is -0.195. The molecule has 6 heteroatoms. The number of pyridine rings is 1. The van der Waals surface area contributed by atoms with Gasteiger partial charge in [0.1, 0.15) is 0 Å². The molecule has 1 saturated heterocycles. The third-order valence-corrected chi connectivity index (χ3v) is 5.31. The first-order valence-corrected chi connectivity index (χ1v) is 8.39. The fourth-order valence-corrected chi connectivity index (χ4v) is 4.10. The summed E-state index contributed by atoms with van der Waals surface area (Å²) in [6, 6.07) is 8.45. The van der Waals surface area contributed by atoms with E-state index in [1.165, 1.54) is 6.07 Å². The number of benzene rings is 1. The SMILES string of the molecule is O=C(O)c1ccc(-c2cc3n(c(=O)c2)C[C@@H]2CNC[C@H]3C2)cc1Cl. The standard InChI is InChI=1S/C18H17ClN2O3/c19-15-4-11(1-2-14(15)18(23)24)12-5-16-13-3-10(7-20-8-13)9-21(16)17(22)6-12/h1-2,4-6,10,13,20H,3,7-9H2,(H,23,24)/t10-,13+/m0/s1. The third-order valence-electron chi connectivity index (χ3n) is 4.99. The molecule has 5 nitrogen and oxygen atoms in total. The normalized spacial score (nSPS) is 22.0. The van der Waals surface area contributed by atoms with Gasteiger partial charge in [-0.25, -0.2) is 4.79 Å². The topological polar surface area (TPSA) is 71.3 Å². The van der Waals surface area contributed by atoms with Crippen LogP contribution in [0.3, 0.4) is 0 Å². The number of aromatic nitrogens is 1. The van der Waals surface area contributed by atoms with E-state index in [2.05, 4.69) is 5.32 Å². The van der Waals surface area contributed by atoms with Crippen LogP contribution in [0.25, 0.3) is 11.1 Å². The van der Waals surface area contributed by atoms with Crippen LogP contribution < -0.4 is 10.9 Å². The number of carbonyl (C=O) groups is 1. The van der Waals surface area contributed by atoms with Crippen molar-refractivity contribution in [2.75, 3.05) is 13.1 Å². The van der Waals surface area contributed by atoms with E-state index in [1.54, 1.807) is 18.2 Å². The van der Waals surface area contributed by atoms with E-state index in [1.807, 2.05) is 10.6 Å². The molecule has 0 aliphatic carbocycles. The predicted molar refractivity (Wildman–Crippen MR) is 91.8 cm³/mol. The van der Waals surface area contributed by atoms with Gasteiger partial charge in [0.2, 0.25) is 0 Å². The van der Waals surface area contributed by atoms with Crippen LogP contribution in [0.2, 0.25) is 5.02 Å². The highest BCUT2D eigenvalue weighted by atomic mass is 35.5. The summed E-state index contributed by atoms with van der Waals surface area (Å²) in [5.41, 5.74) is 2.66. The molecule has 0 saturated carbocycles. The zero-order valence-electron chi connectivity index (χ0n) is 13.0. The van der Waals surface area contributed by atoms with Crippen molar-refractivity contribution in [3.63, 3.8) is 0 Å². The Hall–Kier alpha value is -2.11. The smallest absolute Gasteiger partial charge is 0.337 e. The lowest BCUT2D eigenvalue weighted by Gasteiger charge is -2.37. The molecule has 0 radical (unpaired) electrons. The zero-order chi connectivity index (χ0) is 16.8. The molecule has 3 heterocycles. The lowest BCUT2D eigenvalue weighted by Crippen LogP contribution is -2.44. The number of hydrogen-bond donors (Lipinski definition) is 2. The Balaban J connectivity index is 1.80. The molecular weight excluding hydrogens is 328 g/mol. The number of nitrogens with one attached hydrogen (secondary N) is 1. The highest BCUT2D eigenvalue weighted by Gasteiger charge is 2.31. The van der Waals surface area contributed by atoms with Gasteiger partial charge in [-0.15, -0.1) is 0 Å². The van der Waals surface area contributed by atoms with E-state index in [4.69, 9.17) is 16.7 Å². The lowest BCUT2D eigenvalue weighted by atomic mass is 9.83. The second-order valence-corrected chi connectivity index (χ2v) is 6.98. The summed E-state index contributed by atoms with van der Waals surface area (Å²) in [6.45, 7) is 2.62. The molecule has 2 aromatic rings. The summed E-state index contributed by atoms with van der Waals surface area (Å²) >= 11 is 6.07. The Morgan fingerprint density at radius 3 is 2.79 bits per heavy atom. The van der Waals surface area contributed by atoms with E-state index >= 15 is 0 Å². The molecule has 2 aliphatic rings. The average molecular weight is 345 g/mol. The minimum atomic E-state index is -1.06. The average Bonchev–Trinajstić information content (AvgIpc) is 2.55. The maximum atomic E-state index is 12.6. The van der Waals surface area contributed by atoms with E-state index in [0.29, 0.717) is 11.8 Å². The van der Waals surface area contributed by atoms with Crippen LogP contribution in [0, 0.1) is 5.92 Å². The van der Waals surface area contributed by atoms with Gasteiger partial charge in [-0.3, -0.25) is 4.79 Å². The second-order valence-electron chi connectivity index (χ2n) is 6.57. The molecule has 4 rings (SSSR count). The van der Waals surface area contributed by atoms with Gasteiger partial charge < -0.3 is 15.0 Å². The molecule has 1 aromatic heterocycles. The van der Waals surface area contributed by atoms with E-state index < -0.39 is 5.97 Å². The first-order chi connectivity index (χ1) is 11.5. The number of carboxylic acids is 1. The van der Waals surface area contributed by atoms with Crippen molar-refractivity contribution in [1.82, 2.24) is 9.88 Å². The number of piperidine rings is 1. The van der Waals surface area contributed by atoms with Gasteiger partial charge in [-0.1, -0.05) is 17.7 Å². The Kier molecular flexibility index (Phi) is 3.70. The van der Waals surface area contributed by atoms with E-state index in [0.717, 1.165) is 42.9 Å². The Morgan fingerprint density at radius 2 is 2.04 bits per heavy atom. The van der Waals surface area contributed by atoms with E-state index in [-0.39, 0.29) is 16.1 Å². The minimum absolute atomic E-state index is 0.00228. The lowest BCUT2D eigenvalue weighted by molar-refractivity contribution is 0.0697. The molecule has 0 amide bonds. The van der Waals surface area contributed by atoms with Crippen molar-refractivity contribution < 1.29 is 9.90 Å². The van der Waals surface area contributed by atoms with Crippen LogP contribution >= 0.6 is 11.6 Å². The molecular formula is C18H17ClN2O3. The fourth-order valence-electron chi connectivity index (χ4n) is 3.84. The molecule has 1 fully saturated rings. The van der Waals surface area contributed by atoms with E-state index in [9.17, 15) is 9.59 Å². The van der Waals surface area contributed by atoms with Gasteiger partial charge in [0.15, 0.2) is 0 Å². The third kappa shape index (κ3) is 2.54. The van der Waals surface area contributed by atoms with Gasteiger partial charge in [-0.05, 0) is 48.2 Å². The molecule has 2 atom stereocenters. The fraction of sp³-hybridized carbons (Fsp3) is 0.333. The summed E-state index contributed by atoms with van der Waals surface area (Å²) in [7, 11) is 0.